The number of aromatic nitrogens is 2. The van der Waals surface area contributed by atoms with Gasteiger partial charge in [-0.1, -0.05) is 18.2 Å². The van der Waals surface area contributed by atoms with E-state index in [0.29, 0.717) is 18.8 Å². The van der Waals surface area contributed by atoms with Gasteiger partial charge in [0.25, 0.3) is 5.91 Å². The van der Waals surface area contributed by atoms with Gasteiger partial charge in [-0.15, -0.1) is 0 Å². The van der Waals surface area contributed by atoms with E-state index in [9.17, 15) is 9.59 Å². The predicted octanol–water partition coefficient (Wildman–Crippen LogP) is 1.30. The summed E-state index contributed by atoms with van der Waals surface area (Å²) in [7, 11) is 1.82. The number of primary amides is 1. The van der Waals surface area contributed by atoms with Crippen molar-refractivity contribution in [3.8, 4) is 0 Å². The Bertz CT molecular complexity index is 752. The Balaban J connectivity index is 1.94. The van der Waals surface area contributed by atoms with Crippen LogP contribution in [0.3, 0.4) is 0 Å². The standard InChI is InChI=1S/C16H20N4O2/c1-16(15(17)22)8-5-9-20(10-16)14(21)13-11-6-3-4-7-12(11)19(2)18-13/h3-4,6-7H,5,8-10H2,1-2H3,(H2,17,22). The van der Waals surface area contributed by atoms with E-state index in [1.165, 1.54) is 0 Å². The third-order valence-electron chi connectivity index (χ3n) is 4.54. The Morgan fingerprint density at radius 2 is 2.05 bits per heavy atom. The minimum Gasteiger partial charge on any atom is -0.369 e. The highest BCUT2D eigenvalue weighted by molar-refractivity contribution is 6.05. The molecule has 0 aliphatic carbocycles. The molecule has 1 fully saturated rings. The van der Waals surface area contributed by atoms with Crippen molar-refractivity contribution < 1.29 is 9.59 Å². The Kier molecular flexibility index (Phi) is 3.39. The highest BCUT2D eigenvalue weighted by Crippen LogP contribution is 2.30. The van der Waals surface area contributed by atoms with Gasteiger partial charge in [0.05, 0.1) is 10.9 Å². The van der Waals surface area contributed by atoms with E-state index in [2.05, 4.69) is 5.10 Å². The first-order valence-electron chi connectivity index (χ1n) is 7.43. The number of para-hydroxylation sites is 1. The first kappa shape index (κ1) is 14.6. The number of carbonyl (C=O) groups excluding carboxylic acids is 2. The molecule has 6 nitrogen and oxygen atoms in total. The molecule has 6 heteroatoms. The van der Waals surface area contributed by atoms with E-state index < -0.39 is 5.41 Å². The average molecular weight is 300 g/mol. The van der Waals surface area contributed by atoms with E-state index in [4.69, 9.17) is 5.73 Å². The molecule has 2 N–H and O–H groups in total. The summed E-state index contributed by atoms with van der Waals surface area (Å²) in [6, 6.07) is 7.64. The summed E-state index contributed by atoms with van der Waals surface area (Å²) in [6.07, 6.45) is 1.49. The molecule has 1 unspecified atom stereocenters. The normalized spacial score (nSPS) is 22.0. The van der Waals surface area contributed by atoms with Crippen LogP contribution in [-0.4, -0.2) is 39.6 Å². The number of carbonyl (C=O) groups is 2. The second-order valence-corrected chi connectivity index (χ2v) is 6.24. The Morgan fingerprint density at radius 3 is 2.77 bits per heavy atom. The molecule has 0 saturated carbocycles. The molecule has 1 aliphatic heterocycles. The average Bonchev–Trinajstić information content (AvgIpc) is 2.84. The van der Waals surface area contributed by atoms with Crippen molar-refractivity contribution in [3.63, 3.8) is 0 Å². The first-order chi connectivity index (χ1) is 10.4. The molecule has 116 valence electrons. The minimum absolute atomic E-state index is 0.135. The number of aryl methyl sites for hydroxylation is 1. The Hall–Kier alpha value is -2.37. The fourth-order valence-electron chi connectivity index (χ4n) is 3.14. The summed E-state index contributed by atoms with van der Waals surface area (Å²) in [4.78, 5) is 26.2. The van der Waals surface area contributed by atoms with Crippen LogP contribution in [0.4, 0.5) is 0 Å². The molecular formula is C16H20N4O2. The van der Waals surface area contributed by atoms with Gasteiger partial charge >= 0.3 is 0 Å². The van der Waals surface area contributed by atoms with Gasteiger partial charge < -0.3 is 10.6 Å². The third kappa shape index (κ3) is 2.24. The maximum atomic E-state index is 12.8. The van der Waals surface area contributed by atoms with Gasteiger partial charge in [-0.2, -0.15) is 5.10 Å². The topological polar surface area (TPSA) is 81.2 Å². The number of rotatable bonds is 2. The lowest BCUT2D eigenvalue weighted by atomic mass is 9.81. The number of amides is 2. The van der Waals surface area contributed by atoms with Gasteiger partial charge in [-0.05, 0) is 25.8 Å². The van der Waals surface area contributed by atoms with Crippen molar-refractivity contribution in [2.45, 2.75) is 19.8 Å². The highest BCUT2D eigenvalue weighted by Gasteiger charge is 2.38. The number of benzene rings is 1. The molecule has 0 spiro atoms. The van der Waals surface area contributed by atoms with Crippen LogP contribution >= 0.6 is 0 Å². The summed E-state index contributed by atoms with van der Waals surface area (Å²) in [5, 5.41) is 5.20. The molecule has 0 radical (unpaired) electrons. The minimum atomic E-state index is -0.654. The number of likely N-dealkylation sites (tertiary alicyclic amines) is 1. The Morgan fingerprint density at radius 1 is 1.32 bits per heavy atom. The molecule has 1 aliphatic rings. The second-order valence-electron chi connectivity index (χ2n) is 6.24. The van der Waals surface area contributed by atoms with Crippen LogP contribution in [0, 0.1) is 5.41 Å². The largest absolute Gasteiger partial charge is 0.369 e. The molecule has 3 rings (SSSR count). The van der Waals surface area contributed by atoms with Crippen LogP contribution in [0.1, 0.15) is 30.3 Å². The third-order valence-corrected chi connectivity index (χ3v) is 4.54. The summed E-state index contributed by atoms with van der Waals surface area (Å²) in [5.41, 5.74) is 6.20. The lowest BCUT2D eigenvalue weighted by molar-refractivity contribution is -0.129. The van der Waals surface area contributed by atoms with Gasteiger partial charge in [-0.3, -0.25) is 14.3 Å². The molecule has 1 saturated heterocycles. The molecule has 1 aromatic heterocycles. The van der Waals surface area contributed by atoms with E-state index in [0.717, 1.165) is 23.7 Å². The smallest absolute Gasteiger partial charge is 0.275 e. The van der Waals surface area contributed by atoms with Crippen molar-refractivity contribution in [3.05, 3.63) is 30.0 Å². The lowest BCUT2D eigenvalue weighted by Crippen LogP contribution is -2.50. The maximum Gasteiger partial charge on any atom is 0.275 e. The molecular weight excluding hydrogens is 280 g/mol. The summed E-state index contributed by atoms with van der Waals surface area (Å²) < 4.78 is 1.71. The summed E-state index contributed by atoms with van der Waals surface area (Å²) in [5.74, 6) is -0.486. The van der Waals surface area contributed by atoms with E-state index in [-0.39, 0.29) is 11.8 Å². The number of fused-ring (bicyclic) bond motifs is 1. The number of nitrogens with zero attached hydrogens (tertiary/aromatic N) is 3. The molecule has 1 aromatic carbocycles. The zero-order valence-electron chi connectivity index (χ0n) is 12.9. The van der Waals surface area contributed by atoms with Crippen LogP contribution in [0.5, 0.6) is 0 Å². The van der Waals surface area contributed by atoms with Gasteiger partial charge in [0.15, 0.2) is 5.69 Å². The zero-order chi connectivity index (χ0) is 15.9. The molecule has 0 bridgehead atoms. The monoisotopic (exact) mass is 300 g/mol. The summed E-state index contributed by atoms with van der Waals surface area (Å²) in [6.45, 7) is 2.81. The van der Waals surface area contributed by atoms with E-state index in [1.54, 1.807) is 9.58 Å². The summed E-state index contributed by atoms with van der Waals surface area (Å²) >= 11 is 0. The van der Waals surface area contributed by atoms with Gasteiger partial charge in [0, 0.05) is 25.5 Å². The van der Waals surface area contributed by atoms with E-state index in [1.807, 2.05) is 38.2 Å². The first-order valence-corrected chi connectivity index (χ1v) is 7.43. The van der Waals surface area contributed by atoms with Crippen LogP contribution < -0.4 is 5.73 Å². The SMILES string of the molecule is Cn1nc(C(=O)N2CCCC(C)(C(N)=O)C2)c2ccccc21. The van der Waals surface area contributed by atoms with Crippen molar-refractivity contribution in [2.75, 3.05) is 13.1 Å². The van der Waals surface area contributed by atoms with Crippen molar-refractivity contribution in [1.29, 1.82) is 0 Å². The number of hydrogen-bond acceptors (Lipinski definition) is 3. The fraction of sp³-hybridized carbons (Fsp3) is 0.438. The second kappa shape index (κ2) is 5.12. The fourth-order valence-corrected chi connectivity index (χ4v) is 3.14. The zero-order valence-corrected chi connectivity index (χ0v) is 12.9. The number of hydrogen-bond donors (Lipinski definition) is 1. The molecule has 2 heterocycles. The molecule has 2 amide bonds. The van der Waals surface area contributed by atoms with Crippen LogP contribution in [0.2, 0.25) is 0 Å². The van der Waals surface area contributed by atoms with Gasteiger partial charge in [-0.25, -0.2) is 0 Å². The molecule has 2 aromatic rings. The van der Waals surface area contributed by atoms with Gasteiger partial charge in [0.2, 0.25) is 5.91 Å². The van der Waals surface area contributed by atoms with Crippen LogP contribution in [0.25, 0.3) is 10.9 Å². The number of nitrogens with two attached hydrogens (primary N) is 1. The molecule has 1 atom stereocenters. The lowest BCUT2D eigenvalue weighted by Gasteiger charge is -2.38. The predicted molar refractivity (Wildman–Crippen MR) is 83.2 cm³/mol. The van der Waals surface area contributed by atoms with Crippen LogP contribution in [0.15, 0.2) is 24.3 Å². The van der Waals surface area contributed by atoms with Crippen molar-refractivity contribution in [2.24, 2.45) is 18.2 Å². The maximum absolute atomic E-state index is 12.8. The van der Waals surface area contributed by atoms with Crippen LogP contribution in [-0.2, 0) is 11.8 Å². The quantitative estimate of drug-likeness (QED) is 0.907. The Labute approximate surface area is 128 Å². The molecule has 22 heavy (non-hydrogen) atoms. The van der Waals surface area contributed by atoms with Crippen molar-refractivity contribution >= 4 is 22.7 Å². The van der Waals surface area contributed by atoms with Crippen molar-refractivity contribution in [1.82, 2.24) is 14.7 Å². The van der Waals surface area contributed by atoms with E-state index >= 15 is 0 Å². The highest BCUT2D eigenvalue weighted by atomic mass is 16.2. The number of piperidine rings is 1. The van der Waals surface area contributed by atoms with Gasteiger partial charge in [0.1, 0.15) is 0 Å².